The number of nitrogens with two attached hydrogens (primary N) is 1. The van der Waals surface area contributed by atoms with Crippen molar-refractivity contribution in [2.75, 3.05) is 20.1 Å². The van der Waals surface area contributed by atoms with Crippen LogP contribution in [0.5, 0.6) is 0 Å². The van der Waals surface area contributed by atoms with Crippen LogP contribution < -0.4 is 21.7 Å². The average molecular weight is 385 g/mol. The zero-order valence-corrected chi connectivity index (χ0v) is 16.8. The second-order valence-corrected chi connectivity index (χ2v) is 7.54. The van der Waals surface area contributed by atoms with Gasteiger partial charge in [0.15, 0.2) is 5.78 Å². The van der Waals surface area contributed by atoms with Gasteiger partial charge in [-0.2, -0.15) is 0 Å². The normalized spacial score (nSPS) is 19.6. The number of carbonyl (C=O) groups is 3. The van der Waals surface area contributed by atoms with Crippen LogP contribution in [-0.4, -0.2) is 61.0 Å². The van der Waals surface area contributed by atoms with Crippen molar-refractivity contribution in [3.8, 4) is 0 Å². The molecule has 1 aliphatic rings. The number of amides is 2. The van der Waals surface area contributed by atoms with Crippen molar-refractivity contribution < 1.29 is 19.5 Å². The van der Waals surface area contributed by atoms with E-state index in [0.717, 1.165) is 25.7 Å². The lowest BCUT2D eigenvalue weighted by Gasteiger charge is -2.31. The molecular formula is C19H36N4O4. The summed E-state index contributed by atoms with van der Waals surface area (Å²) in [6, 6.07) is -1.82. The molecule has 1 unspecified atom stereocenters. The van der Waals surface area contributed by atoms with Crippen molar-refractivity contribution in [1.29, 1.82) is 0 Å². The third kappa shape index (κ3) is 7.56. The lowest BCUT2D eigenvalue weighted by atomic mass is 9.78. The van der Waals surface area contributed by atoms with Gasteiger partial charge in [0.05, 0.1) is 12.1 Å². The third-order valence-corrected chi connectivity index (χ3v) is 5.31. The van der Waals surface area contributed by atoms with E-state index in [1.807, 2.05) is 0 Å². The number of nitrogens with one attached hydrogen (secondary N) is 3. The highest BCUT2D eigenvalue weighted by molar-refractivity contribution is 5.92. The monoisotopic (exact) mass is 384 g/mol. The van der Waals surface area contributed by atoms with Crippen molar-refractivity contribution in [1.82, 2.24) is 16.0 Å². The summed E-state index contributed by atoms with van der Waals surface area (Å²) in [5.74, 6) is -1.01. The first-order chi connectivity index (χ1) is 12.8. The molecular weight excluding hydrogens is 348 g/mol. The molecule has 1 fully saturated rings. The number of carbonyl (C=O) groups excluding carboxylic acids is 3. The number of aliphatic hydroxyl groups is 1. The quantitative estimate of drug-likeness (QED) is 0.332. The molecule has 8 heteroatoms. The van der Waals surface area contributed by atoms with Gasteiger partial charge >= 0.3 is 0 Å². The van der Waals surface area contributed by atoms with E-state index in [2.05, 4.69) is 16.0 Å². The third-order valence-electron chi connectivity index (χ3n) is 5.31. The van der Waals surface area contributed by atoms with Gasteiger partial charge in [-0.15, -0.1) is 0 Å². The van der Waals surface area contributed by atoms with Crippen molar-refractivity contribution in [3.05, 3.63) is 0 Å². The molecule has 2 amide bonds. The number of rotatable bonds is 11. The summed E-state index contributed by atoms with van der Waals surface area (Å²) in [7, 11) is 1.68. The Balaban J connectivity index is 2.81. The van der Waals surface area contributed by atoms with E-state index in [1.165, 1.54) is 20.3 Å². The highest BCUT2D eigenvalue weighted by atomic mass is 16.3. The number of ketones is 1. The molecule has 6 N–H and O–H groups in total. The van der Waals surface area contributed by atoms with E-state index in [0.29, 0.717) is 13.0 Å². The van der Waals surface area contributed by atoms with E-state index >= 15 is 0 Å². The van der Waals surface area contributed by atoms with Gasteiger partial charge in [-0.25, -0.2) is 0 Å². The van der Waals surface area contributed by atoms with Gasteiger partial charge < -0.3 is 26.8 Å². The summed E-state index contributed by atoms with van der Waals surface area (Å²) < 4.78 is 0. The van der Waals surface area contributed by atoms with E-state index in [4.69, 9.17) is 5.73 Å². The summed E-state index contributed by atoms with van der Waals surface area (Å²) in [5.41, 5.74) is 5.70. The van der Waals surface area contributed by atoms with Crippen molar-refractivity contribution >= 4 is 17.6 Å². The highest BCUT2D eigenvalue weighted by Crippen LogP contribution is 2.31. The van der Waals surface area contributed by atoms with Gasteiger partial charge in [-0.05, 0) is 52.6 Å². The van der Waals surface area contributed by atoms with E-state index in [-0.39, 0.29) is 30.1 Å². The smallest absolute Gasteiger partial charge is 0.245 e. The average Bonchev–Trinajstić information content (AvgIpc) is 2.63. The Morgan fingerprint density at radius 2 is 1.74 bits per heavy atom. The van der Waals surface area contributed by atoms with Gasteiger partial charge in [0.2, 0.25) is 11.8 Å². The highest BCUT2D eigenvalue weighted by Gasteiger charge is 2.34. The number of likely N-dealkylation sites (N-methyl/N-ethyl adjacent to an activating group) is 1. The molecule has 0 aromatic carbocycles. The standard InChI is InChI=1S/C19H36N4O4/c1-12(24)16(11-21-3)22-19(27)17(13(2)25)23-18(26)15(9-10-20)14-7-5-4-6-8-14/h13-17,21,25H,4-11,20H2,1-3H3,(H,22,27)(H,23,26)/t13-,15?,16-,17-/m0/s1. The fourth-order valence-electron chi connectivity index (χ4n) is 3.72. The topological polar surface area (TPSA) is 134 Å². The molecule has 0 radical (unpaired) electrons. The van der Waals surface area contributed by atoms with Gasteiger partial charge in [-0.1, -0.05) is 19.3 Å². The Hall–Kier alpha value is -1.51. The van der Waals surface area contributed by atoms with Crippen LogP contribution in [0.1, 0.15) is 52.4 Å². The van der Waals surface area contributed by atoms with Gasteiger partial charge in [0.25, 0.3) is 0 Å². The van der Waals surface area contributed by atoms with Crippen molar-refractivity contribution in [3.63, 3.8) is 0 Å². The Morgan fingerprint density at radius 3 is 2.22 bits per heavy atom. The maximum Gasteiger partial charge on any atom is 0.245 e. The van der Waals surface area contributed by atoms with Crippen LogP contribution in [0.4, 0.5) is 0 Å². The molecule has 0 aromatic rings. The number of hydrogen-bond donors (Lipinski definition) is 5. The molecule has 0 heterocycles. The maximum absolute atomic E-state index is 12.9. The van der Waals surface area contributed by atoms with Crippen molar-refractivity contribution in [2.24, 2.45) is 17.6 Å². The Labute approximate surface area is 162 Å². The van der Waals surface area contributed by atoms with E-state index in [1.54, 1.807) is 7.05 Å². The van der Waals surface area contributed by atoms with Gasteiger partial charge in [0, 0.05) is 12.5 Å². The molecule has 8 nitrogen and oxygen atoms in total. The molecule has 0 bridgehead atoms. The molecule has 1 aliphatic carbocycles. The molecule has 1 rings (SSSR count). The number of hydrogen-bond acceptors (Lipinski definition) is 6. The molecule has 27 heavy (non-hydrogen) atoms. The largest absolute Gasteiger partial charge is 0.391 e. The first kappa shape index (κ1) is 23.5. The van der Waals surface area contributed by atoms with Crippen LogP contribution in [0.15, 0.2) is 0 Å². The summed E-state index contributed by atoms with van der Waals surface area (Å²) >= 11 is 0. The minimum atomic E-state index is -1.11. The van der Waals surface area contributed by atoms with Crippen molar-refractivity contribution in [2.45, 2.75) is 70.6 Å². The van der Waals surface area contributed by atoms with Crippen LogP contribution in [0.2, 0.25) is 0 Å². The molecule has 156 valence electrons. The van der Waals surface area contributed by atoms with Crippen LogP contribution in [0, 0.1) is 11.8 Å². The van der Waals surface area contributed by atoms with Gasteiger partial charge in [-0.3, -0.25) is 14.4 Å². The number of Topliss-reactive ketones (excluding diaryl/α,β-unsaturated/α-hetero) is 1. The second-order valence-electron chi connectivity index (χ2n) is 7.54. The first-order valence-corrected chi connectivity index (χ1v) is 9.95. The number of aliphatic hydroxyl groups excluding tert-OH is 1. The SMILES string of the molecule is CNC[C@H](NC(=O)[C@@H](NC(=O)C(CCN)C1CCCCC1)[C@H](C)O)C(C)=O. The summed E-state index contributed by atoms with van der Waals surface area (Å²) in [4.78, 5) is 37.1. The Kier molecular flexibility index (Phi) is 10.5. The molecule has 0 aliphatic heterocycles. The second kappa shape index (κ2) is 12.0. The molecule has 4 atom stereocenters. The van der Waals surface area contributed by atoms with Crippen LogP contribution in [0.3, 0.4) is 0 Å². The predicted octanol–water partition coefficient (Wildman–Crippen LogP) is -0.309. The molecule has 0 saturated heterocycles. The molecule has 0 aromatic heterocycles. The molecule has 1 saturated carbocycles. The Bertz CT molecular complexity index is 492. The van der Waals surface area contributed by atoms with E-state index < -0.39 is 24.1 Å². The van der Waals surface area contributed by atoms with Gasteiger partial charge in [0.1, 0.15) is 6.04 Å². The van der Waals surface area contributed by atoms with Crippen LogP contribution in [-0.2, 0) is 14.4 Å². The minimum Gasteiger partial charge on any atom is -0.391 e. The molecule has 0 spiro atoms. The fourth-order valence-corrected chi connectivity index (χ4v) is 3.72. The Morgan fingerprint density at radius 1 is 1.11 bits per heavy atom. The fraction of sp³-hybridized carbons (Fsp3) is 0.842. The zero-order chi connectivity index (χ0) is 20.4. The van der Waals surface area contributed by atoms with Crippen LogP contribution >= 0.6 is 0 Å². The summed E-state index contributed by atoms with van der Waals surface area (Å²) in [5, 5.41) is 18.2. The van der Waals surface area contributed by atoms with E-state index in [9.17, 15) is 19.5 Å². The minimum absolute atomic E-state index is 0.198. The summed E-state index contributed by atoms with van der Waals surface area (Å²) in [6.07, 6.45) is 4.83. The lowest BCUT2D eigenvalue weighted by Crippen LogP contribution is -2.58. The first-order valence-electron chi connectivity index (χ1n) is 9.95. The van der Waals surface area contributed by atoms with Crippen LogP contribution in [0.25, 0.3) is 0 Å². The zero-order valence-electron chi connectivity index (χ0n) is 16.8. The predicted molar refractivity (Wildman–Crippen MR) is 104 cm³/mol. The summed E-state index contributed by atoms with van der Waals surface area (Å²) in [6.45, 7) is 3.51. The maximum atomic E-state index is 12.9. The lowest BCUT2D eigenvalue weighted by molar-refractivity contribution is -0.136.